The molecule has 3 heteroatoms. The van der Waals surface area contributed by atoms with Crippen molar-refractivity contribution in [1.82, 2.24) is 0 Å². The molecule has 4 rings (SSSR count). The van der Waals surface area contributed by atoms with E-state index in [0.717, 1.165) is 12.8 Å². The number of hydrogen-bond donors (Lipinski definition) is 1. The van der Waals surface area contributed by atoms with E-state index >= 15 is 0 Å². The summed E-state index contributed by atoms with van der Waals surface area (Å²) in [6.45, 7) is 5.76. The second-order valence-electron chi connectivity index (χ2n) is 7.49. The van der Waals surface area contributed by atoms with Crippen molar-refractivity contribution >= 4 is 11.5 Å². The largest absolute Gasteiger partial charge is 0.411 e. The highest BCUT2D eigenvalue weighted by Crippen LogP contribution is 2.52. The van der Waals surface area contributed by atoms with Crippen LogP contribution in [0.25, 0.3) is 11.1 Å². The minimum absolute atomic E-state index is 0.114. The highest BCUT2D eigenvalue weighted by molar-refractivity contribution is 6.45. The highest BCUT2D eigenvalue weighted by atomic mass is 16.4. The van der Waals surface area contributed by atoms with E-state index in [0.29, 0.717) is 17.4 Å². The quantitative estimate of drug-likeness (QED) is 0.260. The Morgan fingerprint density at radius 1 is 1.15 bits per heavy atom. The SMILES string of the molecule is C=C1CCCC(C2c3ccccc3-c3ccc(C(=O)C(C)=NO)cc32)C1. The summed E-state index contributed by atoms with van der Waals surface area (Å²) in [5.41, 5.74) is 7.12. The van der Waals surface area contributed by atoms with Crippen molar-refractivity contribution < 1.29 is 10.0 Å². The normalized spacial score (nSPS) is 22.0. The number of carbonyl (C=O) groups is 1. The molecule has 3 nitrogen and oxygen atoms in total. The van der Waals surface area contributed by atoms with Crippen LogP contribution in [-0.4, -0.2) is 16.7 Å². The Hall–Kier alpha value is -2.68. The molecule has 2 aliphatic carbocycles. The molecule has 2 atom stereocenters. The Morgan fingerprint density at radius 3 is 2.69 bits per heavy atom. The van der Waals surface area contributed by atoms with Crippen LogP contribution >= 0.6 is 0 Å². The summed E-state index contributed by atoms with van der Waals surface area (Å²) in [7, 11) is 0. The van der Waals surface area contributed by atoms with Gasteiger partial charge in [0.05, 0.1) is 0 Å². The van der Waals surface area contributed by atoms with Crippen LogP contribution in [0.4, 0.5) is 0 Å². The van der Waals surface area contributed by atoms with Gasteiger partial charge in [-0.15, -0.1) is 0 Å². The van der Waals surface area contributed by atoms with Gasteiger partial charge in [-0.3, -0.25) is 4.79 Å². The van der Waals surface area contributed by atoms with Crippen molar-refractivity contribution in [2.75, 3.05) is 0 Å². The maximum atomic E-state index is 12.5. The number of rotatable bonds is 3. The zero-order chi connectivity index (χ0) is 18.3. The van der Waals surface area contributed by atoms with Gasteiger partial charge in [0.1, 0.15) is 5.71 Å². The van der Waals surface area contributed by atoms with E-state index in [9.17, 15) is 4.79 Å². The van der Waals surface area contributed by atoms with Crippen molar-refractivity contribution in [3.63, 3.8) is 0 Å². The van der Waals surface area contributed by atoms with Crippen LogP contribution in [0.5, 0.6) is 0 Å². The molecular weight excluding hydrogens is 322 g/mol. The number of hydrogen-bond acceptors (Lipinski definition) is 3. The summed E-state index contributed by atoms with van der Waals surface area (Å²) in [5, 5.41) is 12.0. The third-order valence-electron chi connectivity index (χ3n) is 5.84. The average Bonchev–Trinajstić information content (AvgIpc) is 3.00. The molecule has 2 unspecified atom stereocenters. The Labute approximate surface area is 154 Å². The van der Waals surface area contributed by atoms with Gasteiger partial charge >= 0.3 is 0 Å². The van der Waals surface area contributed by atoms with E-state index in [2.05, 4.69) is 36.0 Å². The molecular formula is C23H23NO2. The molecule has 1 fully saturated rings. The third kappa shape index (κ3) is 2.68. The van der Waals surface area contributed by atoms with Crippen molar-refractivity contribution in [2.24, 2.45) is 11.1 Å². The second kappa shape index (κ2) is 6.56. The Kier molecular flexibility index (Phi) is 4.23. The van der Waals surface area contributed by atoms with Gasteiger partial charge in [-0.25, -0.2) is 0 Å². The van der Waals surface area contributed by atoms with Crippen LogP contribution in [0.1, 0.15) is 60.0 Å². The van der Waals surface area contributed by atoms with E-state index < -0.39 is 0 Å². The first-order valence-corrected chi connectivity index (χ1v) is 9.23. The number of benzene rings is 2. The van der Waals surface area contributed by atoms with Crippen LogP contribution in [0, 0.1) is 5.92 Å². The van der Waals surface area contributed by atoms with Crippen LogP contribution in [-0.2, 0) is 0 Å². The topological polar surface area (TPSA) is 49.7 Å². The summed E-state index contributed by atoms with van der Waals surface area (Å²) in [6.07, 6.45) is 4.55. The molecule has 0 spiro atoms. The first-order valence-electron chi connectivity index (χ1n) is 9.23. The Morgan fingerprint density at radius 2 is 1.92 bits per heavy atom. The fraction of sp³-hybridized carbons (Fsp3) is 0.304. The molecule has 0 saturated heterocycles. The lowest BCUT2D eigenvalue weighted by Gasteiger charge is -2.30. The minimum atomic E-state index is -0.224. The fourth-order valence-electron chi connectivity index (χ4n) is 4.62. The smallest absolute Gasteiger partial charge is 0.210 e. The van der Waals surface area contributed by atoms with E-state index in [4.69, 9.17) is 5.21 Å². The van der Waals surface area contributed by atoms with Crippen LogP contribution in [0.2, 0.25) is 0 Å². The molecule has 0 aliphatic heterocycles. The van der Waals surface area contributed by atoms with Gasteiger partial charge in [0.15, 0.2) is 0 Å². The number of ketones is 1. The summed E-state index contributed by atoms with van der Waals surface area (Å²) in [6, 6.07) is 14.5. The number of fused-ring (bicyclic) bond motifs is 3. The lowest BCUT2D eigenvalue weighted by atomic mass is 9.74. The molecule has 1 saturated carbocycles. The van der Waals surface area contributed by atoms with E-state index in [1.165, 1.54) is 47.6 Å². The van der Waals surface area contributed by atoms with Gasteiger partial charge in [-0.2, -0.15) is 0 Å². The van der Waals surface area contributed by atoms with Gasteiger partial charge in [0, 0.05) is 11.5 Å². The number of nitrogens with zero attached hydrogens (tertiary/aromatic N) is 1. The van der Waals surface area contributed by atoms with Crippen LogP contribution in [0.15, 0.2) is 59.8 Å². The molecule has 26 heavy (non-hydrogen) atoms. The molecule has 0 amide bonds. The van der Waals surface area contributed by atoms with Gasteiger partial charge in [-0.1, -0.05) is 53.7 Å². The predicted molar refractivity (Wildman–Crippen MR) is 104 cm³/mol. The van der Waals surface area contributed by atoms with Gasteiger partial charge in [0.25, 0.3) is 0 Å². The van der Waals surface area contributed by atoms with E-state index in [1.807, 2.05) is 18.2 Å². The number of oxime groups is 1. The molecule has 2 aromatic rings. The van der Waals surface area contributed by atoms with Crippen LogP contribution < -0.4 is 0 Å². The molecule has 132 valence electrons. The zero-order valence-electron chi connectivity index (χ0n) is 15.0. The molecule has 0 bridgehead atoms. The fourth-order valence-corrected chi connectivity index (χ4v) is 4.62. The molecule has 0 radical (unpaired) electrons. The second-order valence-corrected chi connectivity index (χ2v) is 7.49. The van der Waals surface area contributed by atoms with E-state index in [1.54, 1.807) is 0 Å². The molecule has 0 aromatic heterocycles. The standard InChI is InChI=1S/C23H23NO2/c1-14-6-5-7-16(12-14)22-20-9-4-3-8-18(20)19-11-10-17(13-21(19)22)23(25)15(2)24-26/h3-4,8-11,13,16,22,26H,1,5-7,12H2,2H3. The Balaban J connectivity index is 1.83. The monoisotopic (exact) mass is 345 g/mol. The number of Topliss-reactive ketones (excluding diaryl/α,β-unsaturated/α-hetero) is 1. The maximum absolute atomic E-state index is 12.5. The van der Waals surface area contributed by atoms with Gasteiger partial charge in [-0.05, 0) is 66.8 Å². The third-order valence-corrected chi connectivity index (χ3v) is 5.84. The highest BCUT2D eigenvalue weighted by Gasteiger charge is 2.35. The number of carbonyl (C=O) groups excluding carboxylic acids is 1. The van der Waals surface area contributed by atoms with Gasteiger partial charge < -0.3 is 5.21 Å². The maximum Gasteiger partial charge on any atom is 0.210 e. The van der Waals surface area contributed by atoms with Crippen molar-refractivity contribution in [1.29, 1.82) is 0 Å². The average molecular weight is 345 g/mol. The molecule has 2 aliphatic rings. The first-order chi connectivity index (χ1) is 12.6. The van der Waals surface area contributed by atoms with Crippen molar-refractivity contribution in [3.8, 4) is 11.1 Å². The van der Waals surface area contributed by atoms with E-state index in [-0.39, 0.29) is 11.5 Å². The molecule has 2 aromatic carbocycles. The van der Waals surface area contributed by atoms with Crippen LogP contribution in [0.3, 0.4) is 0 Å². The molecule has 0 heterocycles. The van der Waals surface area contributed by atoms with Gasteiger partial charge in [0.2, 0.25) is 5.78 Å². The predicted octanol–water partition coefficient (Wildman–Crippen LogP) is 5.58. The first kappa shape index (κ1) is 16.8. The summed E-state index contributed by atoms with van der Waals surface area (Å²) in [5.74, 6) is 0.604. The summed E-state index contributed by atoms with van der Waals surface area (Å²) in [4.78, 5) is 12.5. The lowest BCUT2D eigenvalue weighted by Crippen LogP contribution is -2.17. The number of allylic oxidation sites excluding steroid dienone is 1. The summed E-state index contributed by atoms with van der Waals surface area (Å²) < 4.78 is 0. The minimum Gasteiger partial charge on any atom is -0.411 e. The zero-order valence-corrected chi connectivity index (χ0v) is 15.0. The van der Waals surface area contributed by atoms with Crippen molar-refractivity contribution in [3.05, 3.63) is 71.3 Å². The molecule has 1 N–H and O–H groups in total. The lowest BCUT2D eigenvalue weighted by molar-refractivity contribution is 0.106. The summed E-state index contributed by atoms with van der Waals surface area (Å²) >= 11 is 0. The van der Waals surface area contributed by atoms with Crippen molar-refractivity contribution in [2.45, 2.75) is 38.5 Å². The Bertz CT molecular complexity index is 926.